The third kappa shape index (κ3) is 4.69. The zero-order valence-corrected chi connectivity index (χ0v) is 14.5. The zero-order chi connectivity index (χ0) is 17.6. The molecule has 0 aromatic rings. The van der Waals surface area contributed by atoms with Crippen LogP contribution in [0.4, 0.5) is 0 Å². The highest BCUT2D eigenvalue weighted by atomic mass is 16.3. The third-order valence-corrected chi connectivity index (χ3v) is 5.22. The maximum absolute atomic E-state index is 12.5. The molecule has 2 fully saturated rings. The van der Waals surface area contributed by atoms with E-state index in [0.29, 0.717) is 38.3 Å². The van der Waals surface area contributed by atoms with Gasteiger partial charge in [-0.25, -0.2) is 0 Å². The standard InChI is InChI=1S/C19H30N2O3/c1-3-11-19(24,12-4-2)14-20-18(23)15-9-10-17(22)21(13-15)16-7-5-6-8-16/h3-4,15-16,24H,1-2,5-14H2,(H,20,23)/t15-/m0/s1. The van der Waals surface area contributed by atoms with Crippen molar-refractivity contribution in [3.63, 3.8) is 0 Å². The largest absolute Gasteiger partial charge is 0.387 e. The van der Waals surface area contributed by atoms with E-state index in [0.717, 1.165) is 12.8 Å². The first kappa shape index (κ1) is 18.7. The predicted octanol–water partition coefficient (Wildman–Crippen LogP) is 2.17. The number of likely N-dealkylation sites (tertiary alicyclic amines) is 1. The molecule has 0 unspecified atom stereocenters. The van der Waals surface area contributed by atoms with Crippen molar-refractivity contribution < 1.29 is 14.7 Å². The molecule has 134 valence electrons. The number of piperidine rings is 1. The van der Waals surface area contributed by atoms with Crippen LogP contribution in [0.5, 0.6) is 0 Å². The van der Waals surface area contributed by atoms with Crippen LogP contribution in [0.2, 0.25) is 0 Å². The second-order valence-corrected chi connectivity index (χ2v) is 7.15. The van der Waals surface area contributed by atoms with Gasteiger partial charge in [0.05, 0.1) is 11.5 Å². The molecule has 2 rings (SSSR count). The smallest absolute Gasteiger partial charge is 0.225 e. The van der Waals surface area contributed by atoms with Crippen molar-refractivity contribution in [3.05, 3.63) is 25.3 Å². The SMILES string of the molecule is C=CCC(O)(CC=C)CNC(=O)[C@H]1CCC(=O)N(C2CCCC2)C1. The first-order chi connectivity index (χ1) is 11.5. The van der Waals surface area contributed by atoms with E-state index >= 15 is 0 Å². The monoisotopic (exact) mass is 334 g/mol. The van der Waals surface area contributed by atoms with Gasteiger partial charge in [0.15, 0.2) is 0 Å². The number of rotatable bonds is 8. The molecule has 2 N–H and O–H groups in total. The summed E-state index contributed by atoms with van der Waals surface area (Å²) < 4.78 is 0. The highest BCUT2D eigenvalue weighted by Crippen LogP contribution is 2.28. The van der Waals surface area contributed by atoms with Gasteiger partial charge < -0.3 is 15.3 Å². The summed E-state index contributed by atoms with van der Waals surface area (Å²) in [6.07, 6.45) is 9.58. The van der Waals surface area contributed by atoms with Gasteiger partial charge in [0.25, 0.3) is 0 Å². The molecule has 1 saturated heterocycles. The Kier molecular flexibility index (Phi) is 6.60. The molecule has 1 saturated carbocycles. The van der Waals surface area contributed by atoms with Crippen molar-refractivity contribution in [2.45, 2.75) is 63.0 Å². The van der Waals surface area contributed by atoms with Crippen LogP contribution in [-0.4, -0.2) is 46.6 Å². The number of carbonyl (C=O) groups is 2. The molecule has 0 aromatic carbocycles. The molecule has 0 spiro atoms. The van der Waals surface area contributed by atoms with Gasteiger partial charge in [-0.15, -0.1) is 13.2 Å². The van der Waals surface area contributed by atoms with Gasteiger partial charge in [0, 0.05) is 25.6 Å². The van der Waals surface area contributed by atoms with Gasteiger partial charge in [0.2, 0.25) is 11.8 Å². The molecule has 5 nitrogen and oxygen atoms in total. The topological polar surface area (TPSA) is 69.6 Å². The first-order valence-corrected chi connectivity index (χ1v) is 9.00. The molecule has 1 atom stereocenters. The Bertz CT molecular complexity index is 473. The highest BCUT2D eigenvalue weighted by Gasteiger charge is 2.35. The number of nitrogens with zero attached hydrogens (tertiary/aromatic N) is 1. The van der Waals surface area contributed by atoms with E-state index in [1.54, 1.807) is 12.2 Å². The van der Waals surface area contributed by atoms with Crippen LogP contribution in [0.15, 0.2) is 25.3 Å². The Morgan fingerprint density at radius 2 is 1.88 bits per heavy atom. The van der Waals surface area contributed by atoms with Crippen molar-refractivity contribution in [2.24, 2.45) is 5.92 Å². The van der Waals surface area contributed by atoms with Crippen LogP contribution in [0.1, 0.15) is 51.4 Å². The molecule has 2 aliphatic rings. The number of aliphatic hydroxyl groups is 1. The average Bonchev–Trinajstić information content (AvgIpc) is 3.08. The van der Waals surface area contributed by atoms with Gasteiger partial charge >= 0.3 is 0 Å². The van der Waals surface area contributed by atoms with Gasteiger partial charge in [-0.2, -0.15) is 0 Å². The lowest BCUT2D eigenvalue weighted by Gasteiger charge is -2.36. The van der Waals surface area contributed by atoms with Gasteiger partial charge in [0.1, 0.15) is 0 Å². The fourth-order valence-corrected chi connectivity index (χ4v) is 3.82. The van der Waals surface area contributed by atoms with Crippen LogP contribution < -0.4 is 5.32 Å². The summed E-state index contributed by atoms with van der Waals surface area (Å²) in [4.78, 5) is 26.6. The lowest BCUT2D eigenvalue weighted by atomic mass is 9.93. The maximum Gasteiger partial charge on any atom is 0.225 e. The molecule has 0 aromatic heterocycles. The molecule has 1 aliphatic heterocycles. The Hall–Kier alpha value is -1.62. The quantitative estimate of drug-likeness (QED) is 0.668. The molecule has 0 bridgehead atoms. The lowest BCUT2D eigenvalue weighted by Crippen LogP contribution is -2.51. The maximum atomic E-state index is 12.5. The van der Waals surface area contributed by atoms with Gasteiger partial charge in [-0.3, -0.25) is 9.59 Å². The minimum Gasteiger partial charge on any atom is -0.387 e. The minimum absolute atomic E-state index is 0.0722. The van der Waals surface area contributed by atoms with E-state index in [-0.39, 0.29) is 24.3 Å². The van der Waals surface area contributed by atoms with E-state index in [9.17, 15) is 14.7 Å². The fourth-order valence-electron chi connectivity index (χ4n) is 3.82. The highest BCUT2D eigenvalue weighted by molar-refractivity contribution is 5.84. The van der Waals surface area contributed by atoms with Crippen LogP contribution in [0, 0.1) is 5.92 Å². The summed E-state index contributed by atoms with van der Waals surface area (Å²) in [5.41, 5.74) is -1.03. The zero-order valence-electron chi connectivity index (χ0n) is 14.5. The summed E-state index contributed by atoms with van der Waals surface area (Å²) in [5, 5.41) is 13.4. The van der Waals surface area contributed by atoms with E-state index in [1.165, 1.54) is 12.8 Å². The molecule has 24 heavy (non-hydrogen) atoms. The van der Waals surface area contributed by atoms with E-state index in [4.69, 9.17) is 0 Å². The summed E-state index contributed by atoms with van der Waals surface area (Å²) in [7, 11) is 0. The normalized spacial score (nSPS) is 22.5. The molecule has 2 amide bonds. The number of amides is 2. The van der Waals surface area contributed by atoms with Crippen LogP contribution in [0.25, 0.3) is 0 Å². The van der Waals surface area contributed by atoms with Crippen LogP contribution >= 0.6 is 0 Å². The molecule has 0 radical (unpaired) electrons. The Morgan fingerprint density at radius 1 is 1.25 bits per heavy atom. The molecular weight excluding hydrogens is 304 g/mol. The second kappa shape index (κ2) is 8.47. The number of hydrogen-bond acceptors (Lipinski definition) is 3. The third-order valence-electron chi connectivity index (χ3n) is 5.22. The van der Waals surface area contributed by atoms with Crippen molar-refractivity contribution in [2.75, 3.05) is 13.1 Å². The molecule has 1 aliphatic carbocycles. The number of nitrogens with one attached hydrogen (secondary N) is 1. The number of carbonyl (C=O) groups excluding carboxylic acids is 2. The molecule has 5 heteroatoms. The van der Waals surface area contributed by atoms with Crippen molar-refractivity contribution in [1.82, 2.24) is 10.2 Å². The molecular formula is C19H30N2O3. The molecule has 1 heterocycles. The number of hydrogen-bond donors (Lipinski definition) is 2. The van der Waals surface area contributed by atoms with Crippen molar-refractivity contribution in [1.29, 1.82) is 0 Å². The summed E-state index contributed by atoms with van der Waals surface area (Å²) in [5.74, 6) is -0.0715. The lowest BCUT2D eigenvalue weighted by molar-refractivity contribution is -0.141. The minimum atomic E-state index is -1.03. The van der Waals surface area contributed by atoms with Gasteiger partial charge in [-0.1, -0.05) is 25.0 Å². The Labute approximate surface area is 144 Å². The van der Waals surface area contributed by atoms with Crippen molar-refractivity contribution in [3.8, 4) is 0 Å². The average molecular weight is 334 g/mol. The fraction of sp³-hybridized carbons (Fsp3) is 0.684. The first-order valence-electron chi connectivity index (χ1n) is 9.00. The van der Waals surface area contributed by atoms with E-state index in [1.807, 2.05) is 4.90 Å². The summed E-state index contributed by atoms with van der Waals surface area (Å²) in [6, 6.07) is 0.312. The Morgan fingerprint density at radius 3 is 2.46 bits per heavy atom. The summed E-state index contributed by atoms with van der Waals surface area (Å²) >= 11 is 0. The van der Waals surface area contributed by atoms with E-state index in [2.05, 4.69) is 18.5 Å². The predicted molar refractivity (Wildman–Crippen MR) is 94.3 cm³/mol. The van der Waals surface area contributed by atoms with Crippen LogP contribution in [0.3, 0.4) is 0 Å². The van der Waals surface area contributed by atoms with Gasteiger partial charge in [-0.05, 0) is 32.1 Å². The van der Waals surface area contributed by atoms with Crippen molar-refractivity contribution >= 4 is 11.8 Å². The summed E-state index contributed by atoms with van der Waals surface area (Å²) in [6.45, 7) is 8.00. The Balaban J connectivity index is 1.90. The van der Waals surface area contributed by atoms with Crippen LogP contribution in [-0.2, 0) is 9.59 Å². The van der Waals surface area contributed by atoms with E-state index < -0.39 is 5.60 Å². The second-order valence-electron chi connectivity index (χ2n) is 7.15.